The molecule has 7 heteroatoms. The van der Waals surface area contributed by atoms with Crippen molar-refractivity contribution >= 4 is 5.97 Å². The van der Waals surface area contributed by atoms with Gasteiger partial charge in [0, 0.05) is 18.3 Å². The summed E-state index contributed by atoms with van der Waals surface area (Å²) in [5.41, 5.74) is -0.440. The first-order chi connectivity index (χ1) is 14.0. The average Bonchev–Trinajstić information content (AvgIpc) is 3.11. The fourth-order valence-electron chi connectivity index (χ4n) is 4.28. The molecule has 0 amide bonds. The van der Waals surface area contributed by atoms with Crippen molar-refractivity contribution in [1.82, 2.24) is 14.9 Å². The molecule has 0 radical (unpaired) electrons. The Kier molecular flexibility index (Phi) is 5.87. The van der Waals surface area contributed by atoms with Gasteiger partial charge in [-0.05, 0) is 51.7 Å². The van der Waals surface area contributed by atoms with Crippen LogP contribution >= 0.6 is 0 Å². The lowest BCUT2D eigenvalue weighted by atomic mass is 9.84. The van der Waals surface area contributed by atoms with Crippen molar-refractivity contribution in [2.75, 3.05) is 0 Å². The van der Waals surface area contributed by atoms with Crippen molar-refractivity contribution in [3.05, 3.63) is 41.2 Å². The molecule has 1 aliphatic rings. The van der Waals surface area contributed by atoms with Gasteiger partial charge < -0.3 is 14.9 Å². The summed E-state index contributed by atoms with van der Waals surface area (Å²) >= 11 is 0. The number of aromatic hydroxyl groups is 2. The predicted octanol–water partition coefficient (Wildman–Crippen LogP) is 3.98. The molecule has 2 atom stereocenters. The van der Waals surface area contributed by atoms with E-state index in [0.717, 1.165) is 6.42 Å². The number of pyridine rings is 1. The van der Waals surface area contributed by atoms with Gasteiger partial charge in [-0.15, -0.1) is 0 Å². The minimum absolute atomic E-state index is 0.0401. The van der Waals surface area contributed by atoms with Crippen LogP contribution in [0.15, 0.2) is 24.4 Å². The summed E-state index contributed by atoms with van der Waals surface area (Å²) in [7, 11) is 0. The van der Waals surface area contributed by atoms with Crippen LogP contribution in [0, 0.1) is 5.92 Å². The standard InChI is InChI=1S/C23H33N3O4/c1-7-12-26-19(27)16-17(20(26)28)23(13-14(2)3,21(29)30-22(4,5)6)25-18(16)15-10-8-9-11-24-15/h8-11,14,18,25,27-28H,7,12-13H2,1-6H3/t18-,23-/m0/s1. The number of hydrogen-bond donors (Lipinski definition) is 3. The van der Waals surface area contributed by atoms with E-state index >= 15 is 0 Å². The number of hydrogen-bond acceptors (Lipinski definition) is 6. The number of aromatic nitrogens is 2. The van der Waals surface area contributed by atoms with Gasteiger partial charge in [-0.1, -0.05) is 26.8 Å². The largest absolute Gasteiger partial charge is 0.494 e. The van der Waals surface area contributed by atoms with Crippen LogP contribution in [0.2, 0.25) is 0 Å². The first-order valence-electron chi connectivity index (χ1n) is 10.6. The number of esters is 1. The molecule has 2 aromatic heterocycles. The maximum Gasteiger partial charge on any atom is 0.331 e. The fraction of sp³-hybridized carbons (Fsp3) is 0.565. The smallest absolute Gasteiger partial charge is 0.331 e. The minimum atomic E-state index is -1.29. The van der Waals surface area contributed by atoms with Gasteiger partial charge in [0.2, 0.25) is 0 Å². The summed E-state index contributed by atoms with van der Waals surface area (Å²) in [6.45, 7) is 11.9. The Hall–Kier alpha value is -2.54. The van der Waals surface area contributed by atoms with Gasteiger partial charge in [0.15, 0.2) is 11.8 Å². The molecule has 3 N–H and O–H groups in total. The Morgan fingerprint density at radius 1 is 1.30 bits per heavy atom. The fourth-order valence-corrected chi connectivity index (χ4v) is 4.28. The van der Waals surface area contributed by atoms with Crippen molar-refractivity contribution in [2.24, 2.45) is 5.92 Å². The van der Waals surface area contributed by atoms with Gasteiger partial charge in [0.1, 0.15) is 11.1 Å². The van der Waals surface area contributed by atoms with Crippen molar-refractivity contribution in [2.45, 2.75) is 78.1 Å². The molecule has 1 aliphatic heterocycles. The van der Waals surface area contributed by atoms with Crippen LogP contribution in [0.1, 0.15) is 77.2 Å². The zero-order valence-corrected chi connectivity index (χ0v) is 18.7. The van der Waals surface area contributed by atoms with Crippen molar-refractivity contribution < 1.29 is 19.7 Å². The molecule has 0 spiro atoms. The van der Waals surface area contributed by atoms with Gasteiger partial charge in [-0.2, -0.15) is 0 Å². The highest BCUT2D eigenvalue weighted by Gasteiger charge is 2.56. The lowest BCUT2D eigenvalue weighted by molar-refractivity contribution is -0.164. The number of carbonyl (C=O) groups excluding carboxylic acids is 1. The quantitative estimate of drug-likeness (QED) is 0.618. The van der Waals surface area contributed by atoms with E-state index in [9.17, 15) is 15.0 Å². The lowest BCUT2D eigenvalue weighted by Crippen LogP contribution is -2.50. The molecule has 2 aromatic rings. The van der Waals surface area contributed by atoms with Crippen LogP contribution in [-0.2, 0) is 21.6 Å². The summed E-state index contributed by atoms with van der Waals surface area (Å²) in [5, 5.41) is 25.6. The molecule has 0 saturated heterocycles. The van der Waals surface area contributed by atoms with Crippen LogP contribution < -0.4 is 5.32 Å². The van der Waals surface area contributed by atoms with Crippen LogP contribution in [0.3, 0.4) is 0 Å². The topological polar surface area (TPSA) is 96.6 Å². The summed E-state index contributed by atoms with van der Waals surface area (Å²) in [5.74, 6) is -0.479. The monoisotopic (exact) mass is 415 g/mol. The van der Waals surface area contributed by atoms with E-state index in [1.54, 1.807) is 6.20 Å². The molecule has 0 aromatic carbocycles. The molecule has 3 rings (SSSR count). The first kappa shape index (κ1) is 22.2. The highest BCUT2D eigenvalue weighted by molar-refractivity contribution is 5.87. The van der Waals surface area contributed by atoms with Crippen LogP contribution in [-0.4, -0.2) is 31.3 Å². The molecule has 30 heavy (non-hydrogen) atoms. The third-order valence-corrected chi connectivity index (χ3v) is 5.24. The Labute approximate surface area is 178 Å². The molecule has 0 aliphatic carbocycles. The highest BCUT2D eigenvalue weighted by atomic mass is 16.6. The van der Waals surface area contributed by atoms with E-state index in [2.05, 4.69) is 10.3 Å². The normalized spacial score (nSPS) is 21.1. The first-order valence-corrected chi connectivity index (χ1v) is 10.6. The van der Waals surface area contributed by atoms with E-state index in [-0.39, 0.29) is 17.7 Å². The molecule has 7 nitrogen and oxygen atoms in total. The second-order valence-electron chi connectivity index (χ2n) is 9.42. The average molecular weight is 416 g/mol. The predicted molar refractivity (Wildman–Crippen MR) is 114 cm³/mol. The molecule has 0 saturated carbocycles. The molecule has 0 unspecified atom stereocenters. The van der Waals surface area contributed by atoms with E-state index in [0.29, 0.717) is 29.8 Å². The Balaban J connectivity index is 2.27. The van der Waals surface area contributed by atoms with E-state index < -0.39 is 23.2 Å². The molecular weight excluding hydrogens is 382 g/mol. The molecule has 0 fully saturated rings. The van der Waals surface area contributed by atoms with Gasteiger partial charge in [-0.3, -0.25) is 14.9 Å². The van der Waals surface area contributed by atoms with Gasteiger partial charge in [0.25, 0.3) is 0 Å². The third-order valence-electron chi connectivity index (χ3n) is 5.24. The summed E-state index contributed by atoms with van der Waals surface area (Å²) in [6, 6.07) is 4.97. The Morgan fingerprint density at radius 3 is 2.53 bits per heavy atom. The van der Waals surface area contributed by atoms with Crippen LogP contribution in [0.25, 0.3) is 0 Å². The minimum Gasteiger partial charge on any atom is -0.494 e. The molecule has 164 valence electrons. The maximum atomic E-state index is 13.6. The zero-order chi connectivity index (χ0) is 22.3. The maximum absolute atomic E-state index is 13.6. The van der Waals surface area contributed by atoms with Crippen LogP contribution in [0.5, 0.6) is 11.8 Å². The Bertz CT molecular complexity index is 915. The van der Waals surface area contributed by atoms with Crippen molar-refractivity contribution in [3.8, 4) is 11.8 Å². The highest BCUT2D eigenvalue weighted by Crippen LogP contribution is 2.53. The van der Waals surface area contributed by atoms with Crippen molar-refractivity contribution in [1.29, 1.82) is 0 Å². The van der Waals surface area contributed by atoms with E-state index in [4.69, 9.17) is 4.74 Å². The zero-order valence-electron chi connectivity index (χ0n) is 18.7. The summed E-state index contributed by atoms with van der Waals surface area (Å²) in [4.78, 5) is 18.0. The second kappa shape index (κ2) is 7.95. The Morgan fingerprint density at radius 2 is 2.00 bits per heavy atom. The number of fused-ring (bicyclic) bond motifs is 1. The number of nitrogens with zero attached hydrogens (tertiary/aromatic N) is 2. The van der Waals surface area contributed by atoms with Crippen LogP contribution in [0.4, 0.5) is 0 Å². The van der Waals surface area contributed by atoms with E-state index in [1.807, 2.05) is 59.7 Å². The molecule has 0 bridgehead atoms. The van der Waals surface area contributed by atoms with E-state index in [1.165, 1.54) is 4.57 Å². The molecular formula is C23H33N3O4. The summed E-state index contributed by atoms with van der Waals surface area (Å²) < 4.78 is 7.28. The number of carbonyl (C=O) groups is 1. The lowest BCUT2D eigenvalue weighted by Gasteiger charge is -2.34. The summed E-state index contributed by atoms with van der Waals surface area (Å²) in [6.07, 6.45) is 2.80. The third kappa shape index (κ3) is 3.78. The van der Waals surface area contributed by atoms with Crippen molar-refractivity contribution in [3.63, 3.8) is 0 Å². The number of nitrogens with one attached hydrogen (secondary N) is 1. The second-order valence-corrected chi connectivity index (χ2v) is 9.42. The van der Waals surface area contributed by atoms with Gasteiger partial charge >= 0.3 is 5.97 Å². The number of ether oxygens (including phenoxy) is 1. The van der Waals surface area contributed by atoms with Gasteiger partial charge in [0.05, 0.1) is 17.3 Å². The SMILES string of the molecule is CCCn1c(O)c2c(c1O)[C@@](CC(C)C)(C(=O)OC(C)(C)C)N[C@H]2c1ccccn1. The van der Waals surface area contributed by atoms with Gasteiger partial charge in [-0.25, -0.2) is 4.79 Å². The number of rotatable bonds is 6. The molecule has 3 heterocycles.